The lowest BCUT2D eigenvalue weighted by atomic mass is 10.1. The number of oxazole rings is 1. The Bertz CT molecular complexity index is 512. The molecule has 0 aliphatic rings. The second-order valence-corrected chi connectivity index (χ2v) is 3.57. The average molecular weight is 234 g/mol. The number of ether oxygens (including phenoxy) is 2. The fourth-order valence-corrected chi connectivity index (χ4v) is 1.62. The maximum Gasteiger partial charge on any atom is 0.292 e. The minimum absolute atomic E-state index is 0.152. The molecule has 90 valence electrons. The summed E-state index contributed by atoms with van der Waals surface area (Å²) in [5.74, 6) is 2.00. The number of methoxy groups -OCH3 is 2. The molecule has 5 heteroatoms. The Kier molecular flexibility index (Phi) is 2.91. The first-order valence-electron chi connectivity index (χ1n) is 5.10. The van der Waals surface area contributed by atoms with E-state index in [0.29, 0.717) is 17.3 Å². The molecule has 0 saturated carbocycles. The minimum Gasteiger partial charge on any atom is -0.497 e. The molecule has 2 rings (SSSR count). The summed E-state index contributed by atoms with van der Waals surface area (Å²) in [6.07, 6.45) is 0. The van der Waals surface area contributed by atoms with Crippen LogP contribution in [0.15, 0.2) is 22.6 Å². The zero-order chi connectivity index (χ0) is 12.4. The summed E-state index contributed by atoms with van der Waals surface area (Å²) >= 11 is 0. The lowest BCUT2D eigenvalue weighted by Crippen LogP contribution is -1.89. The Morgan fingerprint density at radius 2 is 1.71 bits per heavy atom. The summed E-state index contributed by atoms with van der Waals surface area (Å²) in [6.45, 7) is 1.83. The highest BCUT2D eigenvalue weighted by atomic mass is 16.5. The lowest BCUT2D eigenvalue weighted by Gasteiger charge is -2.06. The summed E-state index contributed by atoms with van der Waals surface area (Å²) in [7, 11) is 3.19. The van der Waals surface area contributed by atoms with Gasteiger partial charge in [-0.2, -0.15) is 4.98 Å². The molecule has 0 spiro atoms. The Hall–Kier alpha value is -2.17. The Morgan fingerprint density at radius 3 is 2.12 bits per heavy atom. The van der Waals surface area contributed by atoms with Crippen LogP contribution in [0.5, 0.6) is 11.5 Å². The van der Waals surface area contributed by atoms with Gasteiger partial charge in [0.05, 0.1) is 19.9 Å². The number of aromatic nitrogens is 1. The van der Waals surface area contributed by atoms with Crippen molar-refractivity contribution in [2.24, 2.45) is 0 Å². The lowest BCUT2D eigenvalue weighted by molar-refractivity contribution is 0.394. The highest BCUT2D eigenvalue weighted by Gasteiger charge is 2.12. The van der Waals surface area contributed by atoms with Crippen LogP contribution in [0.2, 0.25) is 0 Å². The molecule has 0 bridgehead atoms. The first-order valence-corrected chi connectivity index (χ1v) is 5.10. The molecule has 0 atom stereocenters. The number of benzene rings is 1. The van der Waals surface area contributed by atoms with Crippen molar-refractivity contribution >= 4 is 6.01 Å². The third-order valence-electron chi connectivity index (χ3n) is 2.43. The number of rotatable bonds is 3. The van der Waals surface area contributed by atoms with Gasteiger partial charge in [-0.15, -0.1) is 0 Å². The number of hydrogen-bond donors (Lipinski definition) is 1. The fourth-order valence-electron chi connectivity index (χ4n) is 1.62. The van der Waals surface area contributed by atoms with Crippen LogP contribution in [0.3, 0.4) is 0 Å². The first kappa shape index (κ1) is 11.3. The maximum absolute atomic E-state index is 5.52. The van der Waals surface area contributed by atoms with Gasteiger partial charge >= 0.3 is 0 Å². The van der Waals surface area contributed by atoms with Gasteiger partial charge in [-0.3, -0.25) is 0 Å². The zero-order valence-corrected chi connectivity index (χ0v) is 9.98. The van der Waals surface area contributed by atoms with E-state index in [1.165, 1.54) is 0 Å². The van der Waals surface area contributed by atoms with E-state index >= 15 is 0 Å². The SMILES string of the molecule is COc1cc(OC)cc(-c2oc(N)nc2C)c1. The molecule has 0 aliphatic heterocycles. The van der Waals surface area contributed by atoms with E-state index in [1.54, 1.807) is 20.3 Å². The second kappa shape index (κ2) is 4.37. The van der Waals surface area contributed by atoms with Crippen LogP contribution < -0.4 is 15.2 Å². The molecule has 17 heavy (non-hydrogen) atoms. The predicted octanol–water partition coefficient (Wildman–Crippen LogP) is 2.25. The Morgan fingerprint density at radius 1 is 1.12 bits per heavy atom. The largest absolute Gasteiger partial charge is 0.497 e. The van der Waals surface area contributed by atoms with Crippen LogP contribution in [0.1, 0.15) is 5.69 Å². The number of hydrogen-bond acceptors (Lipinski definition) is 5. The van der Waals surface area contributed by atoms with Gasteiger partial charge in [-0.05, 0) is 19.1 Å². The Labute approximate surface area is 99.2 Å². The molecular weight excluding hydrogens is 220 g/mol. The molecule has 1 aromatic carbocycles. The average Bonchev–Trinajstić information content (AvgIpc) is 2.67. The fraction of sp³-hybridized carbons (Fsp3) is 0.250. The highest BCUT2D eigenvalue weighted by molar-refractivity contribution is 5.65. The third kappa shape index (κ3) is 2.18. The Balaban J connectivity index is 2.54. The van der Waals surface area contributed by atoms with Gasteiger partial charge in [0.2, 0.25) is 0 Å². The number of nitrogen functional groups attached to an aromatic ring is 1. The summed E-state index contributed by atoms with van der Waals surface area (Å²) in [6, 6.07) is 5.63. The molecule has 0 saturated heterocycles. The van der Waals surface area contributed by atoms with Crippen molar-refractivity contribution in [1.29, 1.82) is 0 Å². The van der Waals surface area contributed by atoms with Gasteiger partial charge < -0.3 is 19.6 Å². The molecular formula is C12H14N2O3. The molecule has 0 fully saturated rings. The van der Waals surface area contributed by atoms with E-state index in [-0.39, 0.29) is 6.01 Å². The van der Waals surface area contributed by atoms with E-state index in [0.717, 1.165) is 11.3 Å². The quantitative estimate of drug-likeness (QED) is 0.881. The van der Waals surface area contributed by atoms with Gasteiger partial charge in [0.1, 0.15) is 11.5 Å². The van der Waals surface area contributed by atoms with E-state index < -0.39 is 0 Å². The van der Waals surface area contributed by atoms with Crippen LogP contribution in [-0.2, 0) is 0 Å². The number of nitrogens with two attached hydrogens (primary N) is 1. The second-order valence-electron chi connectivity index (χ2n) is 3.57. The van der Waals surface area contributed by atoms with Gasteiger partial charge in [0.25, 0.3) is 6.01 Å². The van der Waals surface area contributed by atoms with Crippen LogP contribution >= 0.6 is 0 Å². The summed E-state index contributed by atoms with van der Waals surface area (Å²) in [4.78, 5) is 4.03. The summed E-state index contributed by atoms with van der Waals surface area (Å²) < 4.78 is 15.7. The molecule has 2 N–H and O–H groups in total. The molecule has 1 aromatic heterocycles. The van der Waals surface area contributed by atoms with Gasteiger partial charge in [0.15, 0.2) is 5.76 Å². The minimum atomic E-state index is 0.152. The van der Waals surface area contributed by atoms with Crippen molar-refractivity contribution in [1.82, 2.24) is 4.98 Å². The van der Waals surface area contributed by atoms with Gasteiger partial charge in [-0.25, -0.2) is 0 Å². The van der Waals surface area contributed by atoms with Crippen molar-refractivity contribution < 1.29 is 13.9 Å². The van der Waals surface area contributed by atoms with Crippen LogP contribution in [0, 0.1) is 6.92 Å². The molecule has 0 amide bonds. The molecule has 0 unspecified atom stereocenters. The van der Waals surface area contributed by atoms with Crippen molar-refractivity contribution in [2.45, 2.75) is 6.92 Å². The topological polar surface area (TPSA) is 70.5 Å². The van der Waals surface area contributed by atoms with Crippen LogP contribution in [0.25, 0.3) is 11.3 Å². The summed E-state index contributed by atoms with van der Waals surface area (Å²) in [5, 5.41) is 0. The van der Waals surface area contributed by atoms with Gasteiger partial charge in [-0.1, -0.05) is 0 Å². The van der Waals surface area contributed by atoms with Crippen LogP contribution in [-0.4, -0.2) is 19.2 Å². The number of anilines is 1. The first-order chi connectivity index (χ1) is 8.13. The smallest absolute Gasteiger partial charge is 0.292 e. The predicted molar refractivity (Wildman–Crippen MR) is 64.2 cm³/mol. The van der Waals surface area contributed by atoms with Crippen molar-refractivity contribution in [3.8, 4) is 22.8 Å². The maximum atomic E-state index is 5.52. The number of aryl methyl sites for hydroxylation is 1. The van der Waals surface area contributed by atoms with E-state index in [4.69, 9.17) is 19.6 Å². The van der Waals surface area contributed by atoms with E-state index in [2.05, 4.69) is 4.98 Å². The zero-order valence-electron chi connectivity index (χ0n) is 9.98. The number of nitrogens with zero attached hydrogens (tertiary/aromatic N) is 1. The monoisotopic (exact) mass is 234 g/mol. The third-order valence-corrected chi connectivity index (χ3v) is 2.43. The van der Waals surface area contributed by atoms with Crippen molar-refractivity contribution in [2.75, 3.05) is 20.0 Å². The molecule has 5 nitrogen and oxygen atoms in total. The highest BCUT2D eigenvalue weighted by Crippen LogP contribution is 2.32. The van der Waals surface area contributed by atoms with Gasteiger partial charge in [0, 0.05) is 11.6 Å². The van der Waals surface area contributed by atoms with Crippen LogP contribution in [0.4, 0.5) is 6.01 Å². The van der Waals surface area contributed by atoms with E-state index in [1.807, 2.05) is 19.1 Å². The summed E-state index contributed by atoms with van der Waals surface area (Å²) in [5.41, 5.74) is 7.07. The van der Waals surface area contributed by atoms with E-state index in [9.17, 15) is 0 Å². The molecule has 1 heterocycles. The van der Waals surface area contributed by atoms with Crippen molar-refractivity contribution in [3.05, 3.63) is 23.9 Å². The standard InChI is InChI=1S/C12H14N2O3/c1-7-11(17-12(13)14-7)8-4-9(15-2)6-10(5-8)16-3/h4-6H,1-3H3,(H2,13,14). The molecule has 0 aliphatic carbocycles. The van der Waals surface area contributed by atoms with Crippen molar-refractivity contribution in [3.63, 3.8) is 0 Å². The molecule has 0 radical (unpaired) electrons. The molecule has 2 aromatic rings. The normalized spacial score (nSPS) is 10.3.